The number of anilines is 1. The zero-order chi connectivity index (χ0) is 17.7. The molecule has 0 saturated heterocycles. The summed E-state index contributed by atoms with van der Waals surface area (Å²) >= 11 is 0. The van der Waals surface area contributed by atoms with Crippen LogP contribution < -0.4 is 5.32 Å². The summed E-state index contributed by atoms with van der Waals surface area (Å²) in [5.41, 5.74) is 2.35. The molecule has 0 saturated carbocycles. The number of nitrogens with one attached hydrogen (secondary N) is 1. The van der Waals surface area contributed by atoms with E-state index in [-0.39, 0.29) is 11.3 Å². The topological polar surface area (TPSA) is 72.0 Å². The Morgan fingerprint density at radius 1 is 1.04 bits per heavy atom. The van der Waals surface area contributed by atoms with E-state index in [1.54, 1.807) is 12.1 Å². The van der Waals surface area contributed by atoms with Gasteiger partial charge in [0, 0.05) is 5.39 Å². The Morgan fingerprint density at radius 2 is 1.80 bits per heavy atom. The van der Waals surface area contributed by atoms with Gasteiger partial charge in [-0.05, 0) is 43.5 Å². The molecule has 25 heavy (non-hydrogen) atoms. The highest BCUT2D eigenvalue weighted by atomic mass is 32.2. The summed E-state index contributed by atoms with van der Waals surface area (Å²) in [6, 6.07) is 13.5. The van der Waals surface area contributed by atoms with Gasteiger partial charge in [0.1, 0.15) is 12.1 Å². The van der Waals surface area contributed by atoms with E-state index >= 15 is 0 Å². The second-order valence-corrected chi connectivity index (χ2v) is 8.92. The van der Waals surface area contributed by atoms with Crippen molar-refractivity contribution >= 4 is 26.6 Å². The molecule has 0 radical (unpaired) electrons. The molecule has 0 fully saturated rings. The average molecular weight is 353 g/mol. The number of sulfone groups is 1. The van der Waals surface area contributed by atoms with Crippen molar-refractivity contribution in [2.75, 3.05) is 11.1 Å². The van der Waals surface area contributed by atoms with E-state index in [9.17, 15) is 8.42 Å². The first-order chi connectivity index (χ1) is 11.9. The molecule has 0 bridgehead atoms. The molecule has 5 nitrogen and oxygen atoms in total. The number of rotatable bonds is 3. The van der Waals surface area contributed by atoms with Crippen molar-refractivity contribution in [1.29, 1.82) is 0 Å². The van der Waals surface area contributed by atoms with Crippen molar-refractivity contribution < 1.29 is 8.42 Å². The summed E-state index contributed by atoms with van der Waals surface area (Å²) in [5, 5.41) is 4.30. The Labute approximate surface area is 147 Å². The molecule has 0 aliphatic carbocycles. The van der Waals surface area contributed by atoms with Crippen LogP contribution in [0.1, 0.15) is 25.0 Å². The van der Waals surface area contributed by atoms with Crippen molar-refractivity contribution in [1.82, 2.24) is 9.97 Å². The van der Waals surface area contributed by atoms with Crippen LogP contribution in [0.15, 0.2) is 53.7 Å². The summed E-state index contributed by atoms with van der Waals surface area (Å²) in [6.45, 7) is 4.16. The standard InChI is InChI=1S/C19H19N3O2S/c1-19(2,13-6-4-3-5-7-13)22-18-17-14-10-11-25(23,24)16(14)9-8-15(17)20-12-21-18/h3-9,12H,10-11H2,1-2H3,(H,20,21,22). The molecule has 3 aromatic rings. The lowest BCUT2D eigenvalue weighted by Gasteiger charge is -2.28. The highest BCUT2D eigenvalue weighted by molar-refractivity contribution is 7.91. The molecular formula is C19H19N3O2S. The first-order valence-electron chi connectivity index (χ1n) is 8.21. The van der Waals surface area contributed by atoms with Crippen molar-refractivity contribution in [2.45, 2.75) is 30.7 Å². The van der Waals surface area contributed by atoms with E-state index in [4.69, 9.17) is 0 Å². The van der Waals surface area contributed by atoms with Gasteiger partial charge >= 0.3 is 0 Å². The van der Waals surface area contributed by atoms with Crippen molar-refractivity contribution in [3.8, 4) is 0 Å². The first kappa shape index (κ1) is 16.0. The van der Waals surface area contributed by atoms with Crippen LogP contribution in [0.25, 0.3) is 10.9 Å². The molecule has 0 atom stereocenters. The van der Waals surface area contributed by atoms with Gasteiger partial charge in [0.05, 0.1) is 21.7 Å². The fraction of sp³-hybridized carbons (Fsp3) is 0.263. The van der Waals surface area contributed by atoms with Crippen molar-refractivity contribution in [3.05, 3.63) is 59.9 Å². The van der Waals surface area contributed by atoms with Crippen LogP contribution in [0.4, 0.5) is 5.82 Å². The number of hydrogen-bond donors (Lipinski definition) is 1. The molecule has 4 rings (SSSR count). The van der Waals surface area contributed by atoms with Crippen LogP contribution in [0.3, 0.4) is 0 Å². The molecule has 0 amide bonds. The molecule has 0 unspecified atom stereocenters. The van der Waals surface area contributed by atoms with Crippen LogP contribution in [0.5, 0.6) is 0 Å². The number of benzene rings is 2. The minimum atomic E-state index is -3.19. The number of hydrogen-bond acceptors (Lipinski definition) is 5. The Kier molecular flexibility index (Phi) is 3.54. The molecule has 0 spiro atoms. The van der Waals surface area contributed by atoms with Gasteiger partial charge in [-0.25, -0.2) is 18.4 Å². The maximum atomic E-state index is 12.3. The van der Waals surface area contributed by atoms with Gasteiger partial charge in [0.15, 0.2) is 9.84 Å². The van der Waals surface area contributed by atoms with Crippen molar-refractivity contribution in [2.24, 2.45) is 0 Å². The maximum absolute atomic E-state index is 12.3. The van der Waals surface area contributed by atoms with Crippen molar-refractivity contribution in [3.63, 3.8) is 0 Å². The molecule has 6 heteroatoms. The summed E-state index contributed by atoms with van der Waals surface area (Å²) in [5.74, 6) is 0.825. The normalized spacial score (nSPS) is 15.9. The third-order valence-corrected chi connectivity index (χ3v) is 6.54. The Balaban J connectivity index is 1.88. The largest absolute Gasteiger partial charge is 0.360 e. The SMILES string of the molecule is CC(C)(Nc1ncnc2ccc3c(c12)CCS3(=O)=O)c1ccccc1. The first-order valence-corrected chi connectivity index (χ1v) is 9.87. The lowest BCUT2D eigenvalue weighted by molar-refractivity contribution is 0.600. The van der Waals surface area contributed by atoms with Gasteiger partial charge in [0.25, 0.3) is 0 Å². The molecule has 2 heterocycles. The third kappa shape index (κ3) is 2.66. The van der Waals surface area contributed by atoms with E-state index < -0.39 is 9.84 Å². The highest BCUT2D eigenvalue weighted by Crippen LogP contribution is 2.36. The molecule has 1 N–H and O–H groups in total. The van der Waals surface area contributed by atoms with Crippen LogP contribution >= 0.6 is 0 Å². The lowest BCUT2D eigenvalue weighted by Crippen LogP contribution is -2.28. The number of nitrogens with zero attached hydrogens (tertiary/aromatic N) is 2. The zero-order valence-corrected chi connectivity index (χ0v) is 15.0. The molecule has 1 aromatic heterocycles. The molecular weight excluding hydrogens is 334 g/mol. The van der Waals surface area contributed by atoms with Gasteiger partial charge in [-0.1, -0.05) is 30.3 Å². The summed E-state index contributed by atoms with van der Waals surface area (Å²) < 4.78 is 24.5. The second-order valence-electron chi connectivity index (χ2n) is 6.84. The fourth-order valence-electron chi connectivity index (χ4n) is 3.41. The highest BCUT2D eigenvalue weighted by Gasteiger charge is 2.30. The number of aryl methyl sites for hydroxylation is 1. The summed E-state index contributed by atoms with van der Waals surface area (Å²) in [4.78, 5) is 9.16. The van der Waals surface area contributed by atoms with Crippen LogP contribution in [0, 0.1) is 0 Å². The Hall–Kier alpha value is -2.47. The smallest absolute Gasteiger partial charge is 0.179 e. The fourth-order valence-corrected chi connectivity index (χ4v) is 4.95. The van der Waals surface area contributed by atoms with Gasteiger partial charge in [-0.3, -0.25) is 0 Å². The van der Waals surface area contributed by atoms with E-state index in [1.165, 1.54) is 6.33 Å². The maximum Gasteiger partial charge on any atom is 0.179 e. The van der Waals surface area contributed by atoms with Crippen LogP contribution in [-0.4, -0.2) is 24.1 Å². The van der Waals surface area contributed by atoms with E-state index in [0.717, 1.165) is 22.0 Å². The quantitative estimate of drug-likeness (QED) is 0.782. The van der Waals surface area contributed by atoms with E-state index in [1.807, 2.05) is 18.2 Å². The van der Waals surface area contributed by atoms with Crippen LogP contribution in [-0.2, 0) is 21.8 Å². The van der Waals surface area contributed by atoms with Gasteiger partial charge in [-0.2, -0.15) is 0 Å². The molecule has 1 aliphatic heterocycles. The minimum Gasteiger partial charge on any atom is -0.360 e. The molecule has 1 aliphatic rings. The number of fused-ring (bicyclic) bond motifs is 3. The van der Waals surface area contributed by atoms with E-state index in [0.29, 0.717) is 17.1 Å². The third-order valence-electron chi connectivity index (χ3n) is 4.75. The van der Waals surface area contributed by atoms with E-state index in [2.05, 4.69) is 41.3 Å². The Morgan fingerprint density at radius 3 is 2.56 bits per heavy atom. The van der Waals surface area contributed by atoms with Crippen LogP contribution in [0.2, 0.25) is 0 Å². The minimum absolute atomic E-state index is 0.151. The second kappa shape index (κ2) is 5.52. The predicted molar refractivity (Wildman–Crippen MR) is 98.4 cm³/mol. The summed E-state index contributed by atoms with van der Waals surface area (Å²) in [7, 11) is -3.19. The summed E-state index contributed by atoms with van der Waals surface area (Å²) in [6.07, 6.45) is 2.02. The monoisotopic (exact) mass is 353 g/mol. The average Bonchev–Trinajstić information content (AvgIpc) is 2.91. The predicted octanol–water partition coefficient (Wildman–Crippen LogP) is 3.31. The van der Waals surface area contributed by atoms with Gasteiger partial charge < -0.3 is 5.32 Å². The number of aromatic nitrogens is 2. The Bertz CT molecular complexity index is 1060. The molecule has 2 aromatic carbocycles. The van der Waals surface area contributed by atoms with Gasteiger partial charge in [0.2, 0.25) is 0 Å². The zero-order valence-electron chi connectivity index (χ0n) is 14.2. The lowest BCUT2D eigenvalue weighted by atomic mass is 9.94. The molecule has 128 valence electrons. The van der Waals surface area contributed by atoms with Gasteiger partial charge in [-0.15, -0.1) is 0 Å².